The number of benzene rings is 7. The van der Waals surface area contributed by atoms with Crippen LogP contribution in [0.3, 0.4) is 0 Å². The maximum Gasteiger partial charge on any atom is 0.343 e. The molecular formula is C56H51BN2S. The summed E-state index contributed by atoms with van der Waals surface area (Å²) in [6.45, 7) is 20.9. The Morgan fingerprint density at radius 2 is 1.22 bits per heavy atom. The fourth-order valence-electron chi connectivity index (χ4n) is 10.4. The predicted molar refractivity (Wildman–Crippen MR) is 261 cm³/mol. The molecule has 2 aliphatic heterocycles. The van der Waals surface area contributed by atoms with Crippen molar-refractivity contribution in [1.29, 1.82) is 0 Å². The van der Waals surface area contributed by atoms with Crippen LogP contribution in [0.5, 0.6) is 0 Å². The van der Waals surface area contributed by atoms with E-state index >= 15 is 0 Å². The van der Waals surface area contributed by atoms with Crippen molar-refractivity contribution in [3.05, 3.63) is 173 Å². The molecule has 0 radical (unpaired) electrons. The van der Waals surface area contributed by atoms with Gasteiger partial charge in [0.25, 0.3) is 0 Å². The van der Waals surface area contributed by atoms with Crippen molar-refractivity contribution in [2.24, 2.45) is 0 Å². The van der Waals surface area contributed by atoms with Crippen LogP contribution in [-0.4, -0.2) is 6.85 Å². The zero-order chi connectivity index (χ0) is 41.5. The lowest BCUT2D eigenvalue weighted by molar-refractivity contribution is 0.590. The van der Waals surface area contributed by atoms with Crippen molar-refractivity contribution in [3.63, 3.8) is 0 Å². The second-order valence-corrected chi connectivity index (χ2v) is 21.0. The number of aryl methyl sites for hydroxylation is 1. The van der Waals surface area contributed by atoms with E-state index in [0.29, 0.717) is 0 Å². The topological polar surface area (TPSA) is 6.48 Å². The van der Waals surface area contributed by atoms with Crippen molar-refractivity contribution >= 4 is 66.9 Å². The molecule has 2 nitrogen and oxygen atoms in total. The smallest absolute Gasteiger partial charge is 0.343 e. The Balaban J connectivity index is 1.26. The number of nitrogens with zero attached hydrogens (tertiary/aromatic N) is 2. The van der Waals surface area contributed by atoms with Gasteiger partial charge in [0.1, 0.15) is 0 Å². The Morgan fingerprint density at radius 1 is 0.533 bits per heavy atom. The Hall–Kier alpha value is -5.84. The number of thiophene rings is 1. The van der Waals surface area contributed by atoms with E-state index < -0.39 is 0 Å². The molecule has 1 aromatic heterocycles. The highest BCUT2D eigenvalue weighted by Gasteiger charge is 2.48. The second-order valence-electron chi connectivity index (χ2n) is 19.9. The minimum atomic E-state index is -0.120. The summed E-state index contributed by atoms with van der Waals surface area (Å²) in [6, 6.07) is 55.9. The van der Waals surface area contributed by atoms with Crippen LogP contribution in [0.1, 0.15) is 83.2 Å². The summed E-state index contributed by atoms with van der Waals surface area (Å²) in [5.74, 6) is 0. The van der Waals surface area contributed by atoms with E-state index in [0.717, 1.165) is 0 Å². The van der Waals surface area contributed by atoms with Gasteiger partial charge in [-0.05, 0) is 122 Å². The number of rotatable bonds is 3. The maximum atomic E-state index is 2.70. The van der Waals surface area contributed by atoms with Crippen molar-refractivity contribution < 1.29 is 0 Å². The van der Waals surface area contributed by atoms with Gasteiger partial charge in [-0.2, -0.15) is 0 Å². The molecule has 0 spiro atoms. The van der Waals surface area contributed by atoms with Crippen LogP contribution in [0.15, 0.2) is 146 Å². The Labute approximate surface area is 360 Å². The summed E-state index contributed by atoms with van der Waals surface area (Å²) >= 11 is 1.96. The summed E-state index contributed by atoms with van der Waals surface area (Å²) < 4.78 is 2.68. The molecule has 0 unspecified atom stereocenters. The second kappa shape index (κ2) is 12.8. The monoisotopic (exact) mass is 794 g/mol. The van der Waals surface area contributed by atoms with Crippen LogP contribution in [-0.2, 0) is 16.2 Å². The predicted octanol–water partition coefficient (Wildman–Crippen LogP) is 14.5. The van der Waals surface area contributed by atoms with Crippen LogP contribution in [0, 0.1) is 6.92 Å². The molecule has 3 aliphatic rings. The quantitative estimate of drug-likeness (QED) is 0.164. The number of fused-ring (bicyclic) bond motifs is 9. The fraction of sp³-hybridized carbons (Fsp3) is 0.214. The van der Waals surface area contributed by atoms with E-state index in [4.69, 9.17) is 0 Å². The first-order valence-electron chi connectivity index (χ1n) is 21.5. The molecule has 0 saturated carbocycles. The molecule has 4 heteroatoms. The van der Waals surface area contributed by atoms with Gasteiger partial charge in [0.2, 0.25) is 0 Å². The van der Waals surface area contributed by atoms with Gasteiger partial charge in [0.05, 0.1) is 11.4 Å². The summed E-state index contributed by atoms with van der Waals surface area (Å²) in [5.41, 5.74) is 22.1. The summed E-state index contributed by atoms with van der Waals surface area (Å²) in [7, 11) is 0. The van der Waals surface area contributed by atoms with E-state index in [9.17, 15) is 0 Å². The van der Waals surface area contributed by atoms with Gasteiger partial charge < -0.3 is 9.71 Å². The van der Waals surface area contributed by atoms with E-state index in [1.807, 2.05) is 11.3 Å². The average Bonchev–Trinajstić information content (AvgIpc) is 3.72. The van der Waals surface area contributed by atoms with Gasteiger partial charge in [-0.1, -0.05) is 152 Å². The van der Waals surface area contributed by atoms with Crippen molar-refractivity contribution in [2.75, 3.05) is 9.71 Å². The maximum absolute atomic E-state index is 2.70. The third kappa shape index (κ3) is 5.39. The molecule has 7 aromatic carbocycles. The molecule has 8 aromatic rings. The van der Waals surface area contributed by atoms with Crippen molar-refractivity contribution in [2.45, 2.75) is 78.6 Å². The molecule has 60 heavy (non-hydrogen) atoms. The molecule has 3 heterocycles. The summed E-state index contributed by atoms with van der Waals surface area (Å²) in [5, 5.41) is 1.29. The first-order chi connectivity index (χ1) is 28.7. The first-order valence-corrected chi connectivity index (χ1v) is 22.4. The van der Waals surface area contributed by atoms with Crippen LogP contribution >= 0.6 is 11.3 Å². The van der Waals surface area contributed by atoms with Gasteiger partial charge in [-0.3, -0.25) is 0 Å². The fourth-order valence-corrected chi connectivity index (χ4v) is 11.7. The lowest BCUT2D eigenvalue weighted by Gasteiger charge is -2.45. The van der Waals surface area contributed by atoms with Gasteiger partial charge in [0.15, 0.2) is 0 Å². The lowest BCUT2D eigenvalue weighted by Crippen LogP contribution is -2.60. The van der Waals surface area contributed by atoms with Crippen LogP contribution in [0.25, 0.3) is 43.5 Å². The first kappa shape index (κ1) is 37.2. The Morgan fingerprint density at radius 3 is 1.97 bits per heavy atom. The molecule has 0 bridgehead atoms. The van der Waals surface area contributed by atoms with E-state index in [1.54, 1.807) is 0 Å². The highest BCUT2D eigenvalue weighted by molar-refractivity contribution is 7.32. The minimum absolute atomic E-state index is 0.00175. The molecule has 0 amide bonds. The van der Waals surface area contributed by atoms with Gasteiger partial charge in [0, 0.05) is 48.5 Å². The number of anilines is 5. The van der Waals surface area contributed by atoms with E-state index in [2.05, 4.69) is 218 Å². The van der Waals surface area contributed by atoms with Gasteiger partial charge >= 0.3 is 6.85 Å². The van der Waals surface area contributed by atoms with Crippen molar-refractivity contribution in [1.82, 2.24) is 0 Å². The lowest BCUT2D eigenvalue weighted by atomic mass is 9.46. The third-order valence-corrected chi connectivity index (χ3v) is 14.8. The summed E-state index contributed by atoms with van der Waals surface area (Å²) in [6.07, 6.45) is 0. The van der Waals surface area contributed by atoms with E-state index in [1.165, 1.54) is 110 Å². The third-order valence-electron chi connectivity index (χ3n) is 13.6. The van der Waals surface area contributed by atoms with Crippen molar-refractivity contribution in [3.8, 4) is 33.4 Å². The Kier molecular flexibility index (Phi) is 7.96. The SMILES string of the molecule is Cc1cc2c3c(c1)N(c1ccc(C(C)(C)C)cc1-c1ccccc1)c1c(sc4ccccc14)B3N(c1ccc(C(C)(C)C)cc1)c1cc3c(cc1-2)C(C)(C)c1ccccc1-3. The molecule has 0 N–H and O–H groups in total. The van der Waals surface area contributed by atoms with E-state index in [-0.39, 0.29) is 23.1 Å². The number of hydrogen-bond acceptors (Lipinski definition) is 3. The number of hydrogen-bond donors (Lipinski definition) is 0. The molecular weight excluding hydrogens is 744 g/mol. The molecule has 11 rings (SSSR count). The zero-order valence-corrected chi connectivity index (χ0v) is 37.1. The van der Waals surface area contributed by atoms with Crippen LogP contribution < -0.4 is 20.0 Å². The molecule has 1 aliphatic carbocycles. The standard InChI is InChI=1S/C56H51BN2S/c1-34-29-44-43-32-46-42(39-19-13-15-21-45(39)56(46,8)9)33-48(43)59(38-26-23-36(24-27-38)54(2,3)4)57-51(44)49(30-34)58(52-40-20-14-16-22-50(40)60-53(52)57)47-28-25-37(55(5,6)7)31-41(47)35-17-11-10-12-18-35/h10-33H,1-9H3. The Bertz CT molecular complexity index is 3050. The van der Waals surface area contributed by atoms with Gasteiger partial charge in [-0.25, -0.2) is 0 Å². The minimum Gasteiger partial charge on any atom is -0.376 e. The zero-order valence-electron chi connectivity index (χ0n) is 36.2. The highest BCUT2D eigenvalue weighted by Crippen LogP contribution is 2.56. The molecule has 0 atom stereocenters. The molecule has 0 fully saturated rings. The molecule has 294 valence electrons. The van der Waals surface area contributed by atoms with Crippen LogP contribution in [0.4, 0.5) is 28.4 Å². The largest absolute Gasteiger partial charge is 0.376 e. The average molecular weight is 795 g/mol. The van der Waals surface area contributed by atoms with Gasteiger partial charge in [-0.15, -0.1) is 11.3 Å². The normalized spacial score (nSPS) is 14.8. The highest BCUT2D eigenvalue weighted by atomic mass is 32.1. The molecule has 0 saturated heterocycles. The van der Waals surface area contributed by atoms with Crippen LogP contribution in [0.2, 0.25) is 0 Å². The summed E-state index contributed by atoms with van der Waals surface area (Å²) in [4.78, 5) is 5.34.